The number of aromatic nitrogens is 2. The van der Waals surface area contributed by atoms with Crippen LogP contribution < -0.4 is 10.5 Å². The van der Waals surface area contributed by atoms with Gasteiger partial charge < -0.3 is 10.5 Å². The minimum atomic E-state index is -0.321. The van der Waals surface area contributed by atoms with Gasteiger partial charge in [0.25, 0.3) is 0 Å². The zero-order valence-corrected chi connectivity index (χ0v) is 14.7. The van der Waals surface area contributed by atoms with Crippen LogP contribution >= 0.6 is 11.6 Å². The fourth-order valence-electron chi connectivity index (χ4n) is 3.28. The number of rotatable bonds is 2. The molecule has 2 heterocycles. The Morgan fingerprint density at radius 2 is 1.96 bits per heavy atom. The second-order valence-electron chi connectivity index (χ2n) is 6.03. The van der Waals surface area contributed by atoms with E-state index in [1.165, 1.54) is 0 Å². The minimum absolute atomic E-state index is 0.0945. The van der Waals surface area contributed by atoms with Gasteiger partial charge in [-0.25, -0.2) is 4.68 Å². The number of fused-ring (bicyclic) bond motifs is 1. The average Bonchev–Trinajstić information content (AvgIpc) is 2.97. The number of aryl methyl sites for hydroxylation is 1. The maximum Gasteiger partial charge on any atom is 0.229 e. The SMILES string of the molecule is Cc1nn(-c2cccc(Cl)c2)c2c1[C@H](c1ccccc1)C(C#N)=C(N)O2. The first-order chi connectivity index (χ1) is 12.6. The molecule has 26 heavy (non-hydrogen) atoms. The molecule has 0 radical (unpaired) electrons. The standard InChI is InChI=1S/C20H15ClN4O/c1-12-17-18(13-6-3-2-4-7-13)16(11-22)19(23)26-20(17)25(24-12)15-9-5-8-14(21)10-15/h2-10,18H,23H2,1H3/t18-/m1/s1. The maximum absolute atomic E-state index is 9.66. The molecule has 0 unspecified atom stereocenters. The molecule has 0 fully saturated rings. The van der Waals surface area contributed by atoms with Gasteiger partial charge in [0.1, 0.15) is 11.6 Å². The smallest absolute Gasteiger partial charge is 0.229 e. The van der Waals surface area contributed by atoms with Gasteiger partial charge in [-0.3, -0.25) is 0 Å². The lowest BCUT2D eigenvalue weighted by Crippen LogP contribution is -2.22. The van der Waals surface area contributed by atoms with Crippen molar-refractivity contribution in [1.82, 2.24) is 9.78 Å². The number of nitrogens with zero attached hydrogens (tertiary/aromatic N) is 3. The number of allylic oxidation sites excluding steroid dienone is 1. The summed E-state index contributed by atoms with van der Waals surface area (Å²) in [7, 11) is 0. The van der Waals surface area contributed by atoms with Gasteiger partial charge in [-0.1, -0.05) is 48.0 Å². The topological polar surface area (TPSA) is 76.9 Å². The van der Waals surface area contributed by atoms with E-state index in [4.69, 9.17) is 22.1 Å². The third kappa shape index (κ3) is 2.52. The molecule has 1 aromatic heterocycles. The van der Waals surface area contributed by atoms with E-state index in [1.54, 1.807) is 16.8 Å². The van der Waals surface area contributed by atoms with E-state index in [0.29, 0.717) is 16.5 Å². The summed E-state index contributed by atoms with van der Waals surface area (Å²) in [5.41, 5.74) is 9.81. The summed E-state index contributed by atoms with van der Waals surface area (Å²) in [5.74, 6) is 0.282. The monoisotopic (exact) mass is 362 g/mol. The van der Waals surface area contributed by atoms with Crippen molar-refractivity contribution in [3.05, 3.63) is 87.9 Å². The number of ether oxygens (including phenoxy) is 1. The number of benzene rings is 2. The molecule has 2 aromatic carbocycles. The zero-order valence-electron chi connectivity index (χ0n) is 14.0. The number of hydrogen-bond acceptors (Lipinski definition) is 4. The Morgan fingerprint density at radius 1 is 1.19 bits per heavy atom. The molecule has 6 heteroatoms. The van der Waals surface area contributed by atoms with Gasteiger partial charge >= 0.3 is 0 Å². The van der Waals surface area contributed by atoms with Crippen molar-refractivity contribution in [2.24, 2.45) is 5.73 Å². The molecule has 1 aliphatic heterocycles. The molecule has 128 valence electrons. The molecule has 0 bridgehead atoms. The molecule has 0 spiro atoms. The van der Waals surface area contributed by atoms with Crippen LogP contribution in [0.3, 0.4) is 0 Å². The highest BCUT2D eigenvalue weighted by atomic mass is 35.5. The van der Waals surface area contributed by atoms with Crippen LogP contribution in [0, 0.1) is 18.3 Å². The number of hydrogen-bond donors (Lipinski definition) is 1. The molecule has 0 saturated heterocycles. The second-order valence-corrected chi connectivity index (χ2v) is 6.47. The molecule has 0 aliphatic carbocycles. The van der Waals surface area contributed by atoms with Crippen molar-refractivity contribution in [1.29, 1.82) is 5.26 Å². The Balaban J connectivity index is 1.96. The van der Waals surface area contributed by atoms with Crippen LogP contribution in [0.15, 0.2) is 66.1 Å². The highest BCUT2D eigenvalue weighted by molar-refractivity contribution is 6.30. The molecule has 5 nitrogen and oxygen atoms in total. The van der Waals surface area contributed by atoms with E-state index in [9.17, 15) is 5.26 Å². The zero-order chi connectivity index (χ0) is 18.3. The number of nitriles is 1. The van der Waals surface area contributed by atoms with Crippen molar-refractivity contribution in [3.63, 3.8) is 0 Å². The third-order valence-corrected chi connectivity index (χ3v) is 4.65. The Bertz CT molecular complexity index is 1060. The molecule has 0 saturated carbocycles. The van der Waals surface area contributed by atoms with Crippen LogP contribution in [0.1, 0.15) is 22.7 Å². The first-order valence-electron chi connectivity index (χ1n) is 8.08. The molecule has 1 atom stereocenters. The van der Waals surface area contributed by atoms with Crippen LogP contribution in [0.25, 0.3) is 5.69 Å². The Hall–Kier alpha value is -3.23. The van der Waals surface area contributed by atoms with Gasteiger partial charge in [-0.2, -0.15) is 10.4 Å². The van der Waals surface area contributed by atoms with E-state index in [1.807, 2.05) is 49.4 Å². The normalized spacial score (nSPS) is 16.0. The van der Waals surface area contributed by atoms with Gasteiger partial charge in [0.05, 0.1) is 22.9 Å². The lowest BCUT2D eigenvalue weighted by molar-refractivity contribution is 0.367. The van der Waals surface area contributed by atoms with E-state index in [0.717, 1.165) is 22.5 Å². The fraction of sp³-hybridized carbons (Fsp3) is 0.100. The van der Waals surface area contributed by atoms with Crippen LogP contribution in [0.4, 0.5) is 0 Å². The van der Waals surface area contributed by atoms with Crippen molar-refractivity contribution < 1.29 is 4.74 Å². The van der Waals surface area contributed by atoms with Gasteiger partial charge in [-0.05, 0) is 30.7 Å². The lowest BCUT2D eigenvalue weighted by Gasteiger charge is -2.24. The van der Waals surface area contributed by atoms with Crippen LogP contribution in [0.5, 0.6) is 5.88 Å². The maximum atomic E-state index is 9.66. The average molecular weight is 363 g/mol. The first-order valence-corrected chi connectivity index (χ1v) is 8.46. The van der Waals surface area contributed by atoms with Crippen molar-refractivity contribution in [2.75, 3.05) is 0 Å². The molecule has 1 aliphatic rings. The number of halogens is 1. The van der Waals surface area contributed by atoms with Crippen LogP contribution in [-0.2, 0) is 0 Å². The quantitative estimate of drug-likeness (QED) is 0.746. The largest absolute Gasteiger partial charge is 0.422 e. The summed E-state index contributed by atoms with van der Waals surface area (Å²) in [6, 6.07) is 19.3. The molecule has 2 N–H and O–H groups in total. The highest BCUT2D eigenvalue weighted by Crippen LogP contribution is 2.44. The summed E-state index contributed by atoms with van der Waals surface area (Å²) in [5, 5.41) is 14.9. The fourth-order valence-corrected chi connectivity index (χ4v) is 3.46. The van der Waals surface area contributed by atoms with Crippen molar-refractivity contribution in [3.8, 4) is 17.6 Å². The third-order valence-electron chi connectivity index (χ3n) is 4.42. The van der Waals surface area contributed by atoms with Crippen molar-refractivity contribution in [2.45, 2.75) is 12.8 Å². The second kappa shape index (κ2) is 6.25. The summed E-state index contributed by atoms with van der Waals surface area (Å²) >= 11 is 6.12. The van der Waals surface area contributed by atoms with Crippen molar-refractivity contribution >= 4 is 11.6 Å². The summed E-state index contributed by atoms with van der Waals surface area (Å²) in [6.07, 6.45) is 0. The van der Waals surface area contributed by atoms with E-state index >= 15 is 0 Å². The lowest BCUT2D eigenvalue weighted by atomic mass is 9.84. The molecular formula is C20H15ClN4O. The Kier molecular flexibility index (Phi) is 3.90. The molecule has 0 amide bonds. The van der Waals surface area contributed by atoms with E-state index in [2.05, 4.69) is 11.2 Å². The van der Waals surface area contributed by atoms with Gasteiger partial charge in [-0.15, -0.1) is 0 Å². The van der Waals surface area contributed by atoms with Crippen LogP contribution in [-0.4, -0.2) is 9.78 Å². The summed E-state index contributed by atoms with van der Waals surface area (Å²) < 4.78 is 7.50. The molecular weight excluding hydrogens is 348 g/mol. The Labute approximate surface area is 155 Å². The van der Waals surface area contributed by atoms with Gasteiger partial charge in [0, 0.05) is 5.02 Å². The number of nitrogens with two attached hydrogens (primary N) is 1. The van der Waals surface area contributed by atoms with E-state index in [-0.39, 0.29) is 11.8 Å². The highest BCUT2D eigenvalue weighted by Gasteiger charge is 2.35. The summed E-state index contributed by atoms with van der Waals surface area (Å²) in [6.45, 7) is 1.90. The van der Waals surface area contributed by atoms with Gasteiger partial charge in [0.15, 0.2) is 0 Å². The predicted molar refractivity (Wildman–Crippen MR) is 99.1 cm³/mol. The predicted octanol–water partition coefficient (Wildman–Crippen LogP) is 4.05. The minimum Gasteiger partial charge on any atom is -0.422 e. The molecule has 4 rings (SSSR count). The van der Waals surface area contributed by atoms with E-state index < -0.39 is 0 Å². The molecule has 3 aromatic rings. The Morgan fingerprint density at radius 3 is 2.65 bits per heavy atom. The van der Waals surface area contributed by atoms with Gasteiger partial charge in [0.2, 0.25) is 11.8 Å². The van der Waals surface area contributed by atoms with Crippen LogP contribution in [0.2, 0.25) is 5.02 Å². The summed E-state index contributed by atoms with van der Waals surface area (Å²) in [4.78, 5) is 0. The first kappa shape index (κ1) is 16.2.